The van der Waals surface area contributed by atoms with Crippen molar-refractivity contribution in [3.05, 3.63) is 64.2 Å². The molecule has 0 N–H and O–H groups in total. The van der Waals surface area contributed by atoms with Gasteiger partial charge in [-0.25, -0.2) is 0 Å². The number of ether oxygens (including phenoxy) is 1. The molecule has 27 heavy (non-hydrogen) atoms. The summed E-state index contributed by atoms with van der Waals surface area (Å²) in [5.74, 6) is 0.531. The van der Waals surface area contributed by atoms with E-state index in [4.69, 9.17) is 16.3 Å². The van der Waals surface area contributed by atoms with Gasteiger partial charge in [-0.3, -0.25) is 4.79 Å². The highest BCUT2D eigenvalue weighted by Crippen LogP contribution is 2.34. The zero-order valence-electron chi connectivity index (χ0n) is 16.2. The first-order valence-corrected chi connectivity index (χ1v) is 9.75. The average molecular weight is 387 g/mol. The fourth-order valence-corrected chi connectivity index (χ4v) is 3.89. The zero-order chi connectivity index (χ0) is 19.4. The quantitative estimate of drug-likeness (QED) is 0.741. The van der Waals surface area contributed by atoms with Gasteiger partial charge in [0.1, 0.15) is 5.75 Å². The molecule has 2 aromatic rings. The van der Waals surface area contributed by atoms with Crippen molar-refractivity contribution in [2.24, 2.45) is 0 Å². The molecule has 4 nitrogen and oxygen atoms in total. The van der Waals surface area contributed by atoms with Crippen molar-refractivity contribution in [2.75, 3.05) is 27.7 Å². The molecule has 1 aliphatic rings. The van der Waals surface area contributed by atoms with Crippen LogP contribution in [-0.2, 0) is 6.54 Å². The van der Waals surface area contributed by atoms with Crippen LogP contribution in [0.15, 0.2) is 42.5 Å². The first kappa shape index (κ1) is 19.7. The molecule has 1 amide bonds. The number of rotatable bonds is 5. The SMILES string of the molecule is COc1cc(Cl)ccc1C(=O)N1CCCCC1c1ccc(CN(C)C)cc1. The Balaban J connectivity index is 1.86. The molecule has 1 fully saturated rings. The summed E-state index contributed by atoms with van der Waals surface area (Å²) in [5, 5.41) is 0.565. The highest BCUT2D eigenvalue weighted by Gasteiger charge is 2.30. The molecule has 0 bridgehead atoms. The van der Waals surface area contributed by atoms with Crippen LogP contribution in [0.1, 0.15) is 46.8 Å². The molecular weight excluding hydrogens is 360 g/mol. The number of amides is 1. The Morgan fingerprint density at radius 3 is 2.59 bits per heavy atom. The number of piperidine rings is 1. The number of hydrogen-bond acceptors (Lipinski definition) is 3. The van der Waals surface area contributed by atoms with Crippen molar-refractivity contribution in [3.8, 4) is 5.75 Å². The average Bonchev–Trinajstić information content (AvgIpc) is 2.67. The van der Waals surface area contributed by atoms with Gasteiger partial charge >= 0.3 is 0 Å². The summed E-state index contributed by atoms with van der Waals surface area (Å²) in [6, 6.07) is 13.9. The van der Waals surface area contributed by atoms with Crippen LogP contribution in [0.2, 0.25) is 5.02 Å². The van der Waals surface area contributed by atoms with E-state index in [1.807, 2.05) is 4.90 Å². The second-order valence-corrected chi connectivity index (χ2v) is 7.77. The van der Waals surface area contributed by atoms with Gasteiger partial charge in [0, 0.05) is 18.1 Å². The van der Waals surface area contributed by atoms with E-state index < -0.39 is 0 Å². The van der Waals surface area contributed by atoms with Crippen LogP contribution >= 0.6 is 11.6 Å². The first-order chi connectivity index (χ1) is 13.0. The minimum absolute atomic E-state index is 0.00517. The van der Waals surface area contributed by atoms with Crippen molar-refractivity contribution in [3.63, 3.8) is 0 Å². The van der Waals surface area contributed by atoms with Crippen LogP contribution in [0.25, 0.3) is 0 Å². The van der Waals surface area contributed by atoms with E-state index in [0.717, 1.165) is 32.4 Å². The molecule has 0 aliphatic carbocycles. The van der Waals surface area contributed by atoms with Crippen molar-refractivity contribution in [1.82, 2.24) is 9.80 Å². The van der Waals surface area contributed by atoms with E-state index in [1.54, 1.807) is 25.3 Å². The van der Waals surface area contributed by atoms with Crippen molar-refractivity contribution >= 4 is 17.5 Å². The number of carbonyl (C=O) groups excluding carboxylic acids is 1. The van der Waals surface area contributed by atoms with E-state index in [1.165, 1.54) is 11.1 Å². The standard InChI is InChI=1S/C22H27ClN2O2/c1-24(2)15-16-7-9-17(10-8-16)20-6-4-5-13-25(20)22(26)19-12-11-18(23)14-21(19)27-3/h7-12,14,20H,4-6,13,15H2,1-3H3. The third kappa shape index (κ3) is 4.63. The van der Waals surface area contributed by atoms with E-state index in [0.29, 0.717) is 16.3 Å². The van der Waals surface area contributed by atoms with Gasteiger partial charge in [-0.15, -0.1) is 0 Å². The monoisotopic (exact) mass is 386 g/mol. The summed E-state index contributed by atoms with van der Waals surface area (Å²) in [7, 11) is 5.70. The summed E-state index contributed by atoms with van der Waals surface area (Å²) in [5.41, 5.74) is 3.04. The van der Waals surface area contributed by atoms with Crippen LogP contribution in [0.5, 0.6) is 5.75 Å². The summed E-state index contributed by atoms with van der Waals surface area (Å²) in [4.78, 5) is 17.4. The van der Waals surface area contributed by atoms with Gasteiger partial charge in [-0.1, -0.05) is 35.9 Å². The predicted octanol–water partition coefficient (Wildman–Crippen LogP) is 4.78. The summed E-state index contributed by atoms with van der Waals surface area (Å²) < 4.78 is 5.40. The number of likely N-dealkylation sites (tertiary alicyclic amines) is 1. The molecule has 0 radical (unpaired) electrons. The Hall–Kier alpha value is -2.04. The lowest BCUT2D eigenvalue weighted by atomic mass is 9.93. The van der Waals surface area contributed by atoms with E-state index >= 15 is 0 Å². The maximum Gasteiger partial charge on any atom is 0.258 e. The van der Waals surface area contributed by atoms with E-state index in [2.05, 4.69) is 43.3 Å². The van der Waals surface area contributed by atoms with Gasteiger partial charge < -0.3 is 14.5 Å². The smallest absolute Gasteiger partial charge is 0.258 e. The molecule has 1 unspecified atom stereocenters. The highest BCUT2D eigenvalue weighted by molar-refractivity contribution is 6.30. The minimum Gasteiger partial charge on any atom is -0.496 e. The Morgan fingerprint density at radius 1 is 1.19 bits per heavy atom. The molecular formula is C22H27ClN2O2. The molecule has 1 heterocycles. The van der Waals surface area contributed by atoms with Crippen LogP contribution < -0.4 is 4.74 Å². The Labute approximate surface area is 166 Å². The largest absolute Gasteiger partial charge is 0.496 e. The van der Waals surface area contributed by atoms with Gasteiger partial charge in [0.25, 0.3) is 5.91 Å². The number of benzene rings is 2. The molecule has 1 atom stereocenters. The van der Waals surface area contributed by atoms with Crippen LogP contribution in [-0.4, -0.2) is 43.5 Å². The van der Waals surface area contributed by atoms with Crippen LogP contribution in [0.3, 0.4) is 0 Å². The number of nitrogens with zero attached hydrogens (tertiary/aromatic N) is 2. The normalized spacial score (nSPS) is 17.2. The van der Waals surface area contributed by atoms with E-state index in [-0.39, 0.29) is 11.9 Å². The Kier molecular flexibility index (Phi) is 6.40. The molecule has 2 aromatic carbocycles. The molecule has 5 heteroatoms. The lowest BCUT2D eigenvalue weighted by Gasteiger charge is -2.36. The molecule has 144 valence electrons. The zero-order valence-corrected chi connectivity index (χ0v) is 17.0. The number of methoxy groups -OCH3 is 1. The van der Waals surface area contributed by atoms with Crippen LogP contribution in [0, 0.1) is 0 Å². The van der Waals surface area contributed by atoms with Gasteiger partial charge in [-0.2, -0.15) is 0 Å². The maximum atomic E-state index is 13.3. The summed E-state index contributed by atoms with van der Waals surface area (Å²) >= 11 is 6.05. The van der Waals surface area contributed by atoms with Gasteiger partial charge in [-0.05, 0) is 62.7 Å². The third-order valence-electron chi connectivity index (χ3n) is 5.02. The molecule has 0 saturated carbocycles. The lowest BCUT2D eigenvalue weighted by Crippen LogP contribution is -2.38. The van der Waals surface area contributed by atoms with Crippen molar-refractivity contribution in [2.45, 2.75) is 31.8 Å². The number of carbonyl (C=O) groups is 1. The number of hydrogen-bond donors (Lipinski definition) is 0. The third-order valence-corrected chi connectivity index (χ3v) is 5.26. The molecule has 3 rings (SSSR count). The summed E-state index contributed by atoms with van der Waals surface area (Å²) in [6.07, 6.45) is 3.14. The Bertz CT molecular complexity index is 789. The topological polar surface area (TPSA) is 32.8 Å². The molecule has 0 spiro atoms. The maximum absolute atomic E-state index is 13.3. The Morgan fingerprint density at radius 2 is 1.93 bits per heavy atom. The van der Waals surface area contributed by atoms with Crippen molar-refractivity contribution in [1.29, 1.82) is 0 Å². The molecule has 1 aliphatic heterocycles. The lowest BCUT2D eigenvalue weighted by molar-refractivity contribution is 0.0608. The predicted molar refractivity (Wildman–Crippen MR) is 109 cm³/mol. The second kappa shape index (κ2) is 8.77. The number of halogens is 1. The minimum atomic E-state index is 0.00517. The van der Waals surface area contributed by atoms with Crippen molar-refractivity contribution < 1.29 is 9.53 Å². The molecule has 1 saturated heterocycles. The second-order valence-electron chi connectivity index (χ2n) is 7.33. The molecule has 0 aromatic heterocycles. The fraction of sp³-hybridized carbons (Fsp3) is 0.409. The highest BCUT2D eigenvalue weighted by atomic mass is 35.5. The fourth-order valence-electron chi connectivity index (χ4n) is 3.73. The van der Waals surface area contributed by atoms with E-state index in [9.17, 15) is 4.79 Å². The van der Waals surface area contributed by atoms with Gasteiger partial charge in [0.15, 0.2) is 0 Å². The first-order valence-electron chi connectivity index (χ1n) is 9.37. The summed E-state index contributed by atoms with van der Waals surface area (Å²) in [6.45, 7) is 1.67. The van der Waals surface area contributed by atoms with Crippen LogP contribution in [0.4, 0.5) is 0 Å². The van der Waals surface area contributed by atoms with Gasteiger partial charge in [0.05, 0.1) is 18.7 Å². The van der Waals surface area contributed by atoms with Gasteiger partial charge in [0.2, 0.25) is 0 Å².